The fourth-order valence-corrected chi connectivity index (χ4v) is 8.07. The standard InChI is InChI=1S/C40H43N3O7S2/c1-8-27-12-11-13-29(24-27)41-38(44)23-16-28(14-21-36-39(4,5)32-25-30(51(45,46)47)17-19-34(32)42(36)9-2)15-22-37-40(6,7)33-26-31(52(48,49)50)18-20-35(33)43(37)10-3/h1,11-15,17-22,24-26H,9-10,16,23H2,2-7H3,(H2-,41,44,45,46,47,48,49,50). The highest BCUT2D eigenvalue weighted by molar-refractivity contribution is 7.86. The highest BCUT2D eigenvalue weighted by atomic mass is 32.2. The number of anilines is 2. The Labute approximate surface area is 306 Å². The van der Waals surface area contributed by atoms with Crippen LogP contribution >= 0.6 is 0 Å². The number of terminal acetylenes is 1. The molecule has 3 aromatic rings. The van der Waals surface area contributed by atoms with Gasteiger partial charge in [0, 0.05) is 58.7 Å². The molecule has 0 saturated heterocycles. The lowest BCUT2D eigenvalue weighted by molar-refractivity contribution is -0.433. The molecule has 0 aliphatic carbocycles. The van der Waals surface area contributed by atoms with Gasteiger partial charge in [-0.3, -0.25) is 9.35 Å². The number of nitrogens with zero attached hydrogens (tertiary/aromatic N) is 2. The average Bonchev–Trinajstić information content (AvgIpc) is 3.44. The predicted molar refractivity (Wildman–Crippen MR) is 203 cm³/mol. The number of allylic oxidation sites excluding steroid dienone is 6. The average molecular weight is 742 g/mol. The molecule has 3 aromatic carbocycles. The summed E-state index contributed by atoms with van der Waals surface area (Å²) in [5.41, 5.74) is 5.71. The molecule has 2 aliphatic rings. The van der Waals surface area contributed by atoms with Crippen LogP contribution in [0, 0.1) is 12.3 Å². The summed E-state index contributed by atoms with van der Waals surface area (Å²) in [5, 5.41) is 2.92. The molecule has 0 radical (unpaired) electrons. The molecule has 0 bridgehead atoms. The fraction of sp³-hybridized carbons (Fsp3) is 0.300. The zero-order chi connectivity index (χ0) is 38.2. The van der Waals surface area contributed by atoms with Crippen molar-refractivity contribution in [3.05, 3.63) is 113 Å². The van der Waals surface area contributed by atoms with Gasteiger partial charge in [0.15, 0.2) is 5.71 Å². The predicted octanol–water partition coefficient (Wildman–Crippen LogP) is 6.82. The van der Waals surface area contributed by atoms with Crippen LogP contribution in [-0.4, -0.2) is 55.2 Å². The van der Waals surface area contributed by atoms with E-state index in [1.54, 1.807) is 36.4 Å². The van der Waals surface area contributed by atoms with E-state index in [1.165, 1.54) is 24.3 Å². The number of hydrogen-bond acceptors (Lipinski definition) is 7. The molecule has 12 heteroatoms. The van der Waals surface area contributed by atoms with Gasteiger partial charge in [0.25, 0.3) is 10.1 Å². The van der Waals surface area contributed by atoms with E-state index < -0.39 is 31.1 Å². The summed E-state index contributed by atoms with van der Waals surface area (Å²) in [6.45, 7) is 13.1. The first-order valence-corrected chi connectivity index (χ1v) is 19.8. The highest BCUT2D eigenvalue weighted by Crippen LogP contribution is 2.48. The number of carbonyl (C=O) groups is 1. The van der Waals surface area contributed by atoms with E-state index in [9.17, 15) is 30.7 Å². The van der Waals surface area contributed by atoms with Crippen LogP contribution in [0.1, 0.15) is 71.1 Å². The molecule has 0 saturated carbocycles. The van der Waals surface area contributed by atoms with Gasteiger partial charge in [-0.1, -0.05) is 38.0 Å². The number of benzene rings is 3. The summed E-state index contributed by atoms with van der Waals surface area (Å²) in [5.74, 6) is 2.36. The maximum absolute atomic E-state index is 13.2. The SMILES string of the molecule is C#Cc1cccc(NC(=O)CCC(/C=C/C2=[N+](CC)c3ccc(S(=O)(=O)[O-])cc3C2(C)C)=C\C=C2\N(CC)c3ccc(S(=O)(=O)O)cc3C2(C)C)c1. The molecular weight excluding hydrogens is 699 g/mol. The smallest absolute Gasteiger partial charge is 0.294 e. The van der Waals surface area contributed by atoms with Crippen LogP contribution in [-0.2, 0) is 35.9 Å². The van der Waals surface area contributed by atoms with Crippen molar-refractivity contribution in [1.29, 1.82) is 0 Å². The summed E-state index contributed by atoms with van der Waals surface area (Å²) in [4.78, 5) is 14.8. The maximum Gasteiger partial charge on any atom is 0.294 e. The number of amides is 1. The molecule has 2 N–H and O–H groups in total. The van der Waals surface area contributed by atoms with Gasteiger partial charge < -0.3 is 14.8 Å². The summed E-state index contributed by atoms with van der Waals surface area (Å²) < 4.78 is 71.5. The minimum atomic E-state index is -4.65. The van der Waals surface area contributed by atoms with Crippen LogP contribution in [0.15, 0.2) is 106 Å². The minimum absolute atomic E-state index is 0.152. The highest BCUT2D eigenvalue weighted by Gasteiger charge is 2.44. The number of rotatable bonds is 11. The second kappa shape index (κ2) is 14.3. The summed E-state index contributed by atoms with van der Waals surface area (Å²) in [6.07, 6.45) is 13.9. The van der Waals surface area contributed by atoms with Gasteiger partial charge in [0.05, 0.1) is 15.2 Å². The van der Waals surface area contributed by atoms with Crippen molar-refractivity contribution in [1.82, 2.24) is 0 Å². The van der Waals surface area contributed by atoms with Crippen LogP contribution in [0.4, 0.5) is 17.1 Å². The van der Waals surface area contributed by atoms with E-state index in [0.29, 0.717) is 30.8 Å². The number of nitrogens with one attached hydrogen (secondary N) is 1. The van der Waals surface area contributed by atoms with Crippen molar-refractivity contribution < 1.29 is 35.3 Å². The largest absolute Gasteiger partial charge is 0.744 e. The molecule has 5 rings (SSSR count). The molecule has 1 amide bonds. The molecule has 10 nitrogen and oxygen atoms in total. The number of hydrogen-bond donors (Lipinski definition) is 2. The monoisotopic (exact) mass is 741 g/mol. The quantitative estimate of drug-likeness (QED) is 0.0943. The molecule has 0 aromatic heterocycles. The van der Waals surface area contributed by atoms with E-state index in [0.717, 1.165) is 39.5 Å². The van der Waals surface area contributed by atoms with Gasteiger partial charge in [-0.2, -0.15) is 13.0 Å². The Bertz CT molecular complexity index is 2340. The molecule has 2 aliphatic heterocycles. The van der Waals surface area contributed by atoms with Crippen LogP contribution < -0.4 is 10.2 Å². The third-order valence-corrected chi connectivity index (χ3v) is 11.5. The van der Waals surface area contributed by atoms with Crippen molar-refractivity contribution >= 4 is 48.9 Å². The first-order valence-electron chi connectivity index (χ1n) is 16.9. The lowest BCUT2D eigenvalue weighted by Gasteiger charge is -2.26. The van der Waals surface area contributed by atoms with Crippen LogP contribution in [0.5, 0.6) is 0 Å². The maximum atomic E-state index is 13.2. The molecule has 2 heterocycles. The van der Waals surface area contributed by atoms with Gasteiger partial charge >= 0.3 is 0 Å². The third kappa shape index (κ3) is 7.54. The molecule has 272 valence electrons. The molecule has 0 fully saturated rings. The van der Waals surface area contributed by atoms with E-state index >= 15 is 0 Å². The lowest BCUT2D eigenvalue weighted by Crippen LogP contribution is -2.27. The first-order chi connectivity index (χ1) is 24.3. The first kappa shape index (κ1) is 38.4. The fourth-order valence-electron chi connectivity index (χ4n) is 7.07. The Morgan fingerprint density at radius 2 is 1.65 bits per heavy atom. The zero-order valence-electron chi connectivity index (χ0n) is 30.1. The molecule has 0 spiro atoms. The topological polar surface area (TPSA) is 147 Å². The second-order valence-corrected chi connectivity index (χ2v) is 16.6. The van der Waals surface area contributed by atoms with Crippen molar-refractivity contribution in [3.63, 3.8) is 0 Å². The molecule has 52 heavy (non-hydrogen) atoms. The Hall–Kier alpha value is -4.80. The van der Waals surface area contributed by atoms with E-state index in [4.69, 9.17) is 6.42 Å². The number of likely N-dealkylation sites (N-methyl/N-ethyl adjacent to an activating group) is 1. The minimum Gasteiger partial charge on any atom is -0.744 e. The molecule has 0 atom stereocenters. The third-order valence-electron chi connectivity index (χ3n) is 9.81. The van der Waals surface area contributed by atoms with Gasteiger partial charge in [0.2, 0.25) is 11.6 Å². The summed E-state index contributed by atoms with van der Waals surface area (Å²) in [6, 6.07) is 16.1. The number of fused-ring (bicyclic) bond motifs is 2. The van der Waals surface area contributed by atoms with E-state index in [-0.39, 0.29) is 22.1 Å². The van der Waals surface area contributed by atoms with Gasteiger partial charge in [-0.25, -0.2) is 8.42 Å². The lowest BCUT2D eigenvalue weighted by atomic mass is 9.81. The Balaban J connectivity index is 1.55. The van der Waals surface area contributed by atoms with Crippen LogP contribution in [0.2, 0.25) is 0 Å². The van der Waals surface area contributed by atoms with Crippen molar-refractivity contribution in [2.45, 2.75) is 75.0 Å². The van der Waals surface area contributed by atoms with Crippen LogP contribution in [0.25, 0.3) is 0 Å². The molecule has 0 unspecified atom stereocenters. The van der Waals surface area contributed by atoms with Gasteiger partial charge in [-0.15, -0.1) is 6.42 Å². The normalized spacial score (nSPS) is 17.4. The van der Waals surface area contributed by atoms with Gasteiger partial charge in [0.1, 0.15) is 16.7 Å². The Morgan fingerprint density at radius 3 is 2.29 bits per heavy atom. The van der Waals surface area contributed by atoms with Crippen LogP contribution in [0.3, 0.4) is 0 Å². The second-order valence-electron chi connectivity index (χ2n) is 13.8. The van der Waals surface area contributed by atoms with Crippen molar-refractivity contribution in [2.75, 3.05) is 23.3 Å². The van der Waals surface area contributed by atoms with E-state index in [2.05, 4.69) is 20.7 Å². The van der Waals surface area contributed by atoms with Gasteiger partial charge in [-0.05, 0) is 99.9 Å². The summed E-state index contributed by atoms with van der Waals surface area (Å²) >= 11 is 0. The summed E-state index contributed by atoms with van der Waals surface area (Å²) in [7, 11) is -9.05. The molecular formula is C40H43N3O7S2. The van der Waals surface area contributed by atoms with Crippen molar-refractivity contribution in [3.8, 4) is 12.3 Å². The van der Waals surface area contributed by atoms with E-state index in [1.807, 2.05) is 65.8 Å². The Morgan fingerprint density at radius 1 is 0.962 bits per heavy atom. The van der Waals surface area contributed by atoms with Crippen molar-refractivity contribution in [2.24, 2.45) is 0 Å². The zero-order valence-corrected chi connectivity index (χ0v) is 31.7. The number of carbonyl (C=O) groups excluding carboxylic acids is 1. The Kier molecular flexibility index (Phi) is 10.6.